The molecule has 0 aromatic rings. The Hall–Kier alpha value is -0.690. The molecular formula is C14H28N2O4. The largest absolute Gasteiger partial charge is 0.481 e. The number of carboxylic acid groups (broad SMARTS) is 1. The van der Waals surface area contributed by atoms with Crippen LogP contribution in [0.25, 0.3) is 0 Å². The third kappa shape index (κ3) is 7.79. The Labute approximate surface area is 121 Å². The van der Waals surface area contributed by atoms with Crippen molar-refractivity contribution < 1.29 is 19.7 Å². The maximum Gasteiger partial charge on any atom is 0.304 e. The summed E-state index contributed by atoms with van der Waals surface area (Å²) in [7, 11) is 0. The van der Waals surface area contributed by atoms with Crippen molar-refractivity contribution in [1.82, 2.24) is 9.80 Å². The number of piperazine rings is 1. The minimum Gasteiger partial charge on any atom is -0.481 e. The van der Waals surface area contributed by atoms with Gasteiger partial charge in [0.05, 0.1) is 19.1 Å². The summed E-state index contributed by atoms with van der Waals surface area (Å²) in [5.74, 6) is -0.743. The van der Waals surface area contributed by atoms with Crippen LogP contribution < -0.4 is 0 Å². The SMILES string of the molecule is CCCCOCC(O)CN1CCN(CCC(=O)O)CC1. The molecular weight excluding hydrogens is 260 g/mol. The number of ether oxygens (including phenoxy) is 1. The minimum atomic E-state index is -0.743. The second-order valence-corrected chi connectivity index (χ2v) is 5.37. The average molecular weight is 288 g/mol. The van der Waals surface area contributed by atoms with Crippen molar-refractivity contribution in [3.8, 4) is 0 Å². The van der Waals surface area contributed by atoms with Crippen LogP contribution in [0.3, 0.4) is 0 Å². The van der Waals surface area contributed by atoms with Gasteiger partial charge in [-0.05, 0) is 6.42 Å². The Morgan fingerprint density at radius 1 is 1.25 bits per heavy atom. The van der Waals surface area contributed by atoms with Gasteiger partial charge in [-0.2, -0.15) is 0 Å². The lowest BCUT2D eigenvalue weighted by molar-refractivity contribution is -0.137. The highest BCUT2D eigenvalue weighted by Gasteiger charge is 2.19. The van der Waals surface area contributed by atoms with Crippen LogP contribution in [0.15, 0.2) is 0 Å². The lowest BCUT2D eigenvalue weighted by Gasteiger charge is -2.35. The number of unbranched alkanes of at least 4 members (excludes halogenated alkanes) is 1. The van der Waals surface area contributed by atoms with Gasteiger partial charge < -0.3 is 19.8 Å². The zero-order valence-electron chi connectivity index (χ0n) is 12.5. The number of hydrogen-bond acceptors (Lipinski definition) is 5. The highest BCUT2D eigenvalue weighted by atomic mass is 16.5. The van der Waals surface area contributed by atoms with Crippen molar-refractivity contribution in [2.75, 3.05) is 52.5 Å². The first-order valence-corrected chi connectivity index (χ1v) is 7.54. The molecule has 2 N–H and O–H groups in total. The summed E-state index contributed by atoms with van der Waals surface area (Å²) in [6.45, 7) is 7.99. The summed E-state index contributed by atoms with van der Waals surface area (Å²) in [6.07, 6.45) is 1.91. The highest BCUT2D eigenvalue weighted by molar-refractivity contribution is 5.66. The van der Waals surface area contributed by atoms with Gasteiger partial charge in [-0.25, -0.2) is 0 Å². The molecule has 1 rings (SSSR count). The van der Waals surface area contributed by atoms with Crippen molar-refractivity contribution in [2.24, 2.45) is 0 Å². The average Bonchev–Trinajstić information content (AvgIpc) is 2.43. The number of carboxylic acids is 1. The Morgan fingerprint density at radius 3 is 2.50 bits per heavy atom. The molecule has 1 aliphatic rings. The van der Waals surface area contributed by atoms with Gasteiger partial charge in [0.15, 0.2) is 0 Å². The molecule has 0 aliphatic carbocycles. The third-order valence-corrected chi connectivity index (χ3v) is 3.53. The van der Waals surface area contributed by atoms with Crippen LogP contribution in [-0.2, 0) is 9.53 Å². The predicted octanol–water partition coefficient (Wildman–Crippen LogP) is 0.256. The molecule has 1 aliphatic heterocycles. The fourth-order valence-electron chi connectivity index (χ4n) is 2.27. The molecule has 0 saturated carbocycles. The molecule has 0 aromatic heterocycles. The number of nitrogens with zero attached hydrogens (tertiary/aromatic N) is 2. The molecule has 1 heterocycles. The van der Waals surface area contributed by atoms with Crippen molar-refractivity contribution in [2.45, 2.75) is 32.3 Å². The van der Waals surface area contributed by atoms with E-state index in [1.165, 1.54) is 0 Å². The first-order chi connectivity index (χ1) is 9.61. The van der Waals surface area contributed by atoms with E-state index in [1.54, 1.807) is 0 Å². The van der Waals surface area contributed by atoms with E-state index in [9.17, 15) is 9.90 Å². The van der Waals surface area contributed by atoms with E-state index in [0.29, 0.717) is 19.7 Å². The van der Waals surface area contributed by atoms with Crippen molar-refractivity contribution in [1.29, 1.82) is 0 Å². The summed E-state index contributed by atoms with van der Waals surface area (Å²) in [5, 5.41) is 18.5. The van der Waals surface area contributed by atoms with Gasteiger partial charge in [-0.1, -0.05) is 13.3 Å². The number of β-amino-alcohol motifs (C(OH)–C–C–N with tert-alkyl or cyclic N) is 1. The van der Waals surface area contributed by atoms with E-state index in [4.69, 9.17) is 9.84 Å². The highest BCUT2D eigenvalue weighted by Crippen LogP contribution is 2.04. The zero-order chi connectivity index (χ0) is 14.8. The Kier molecular flexibility index (Phi) is 8.77. The van der Waals surface area contributed by atoms with Crippen LogP contribution in [-0.4, -0.2) is 84.6 Å². The quantitative estimate of drug-likeness (QED) is 0.562. The van der Waals surface area contributed by atoms with Gasteiger partial charge in [-0.3, -0.25) is 9.69 Å². The summed E-state index contributed by atoms with van der Waals surface area (Å²) in [5.41, 5.74) is 0. The molecule has 6 heteroatoms. The van der Waals surface area contributed by atoms with Crippen LogP contribution in [0, 0.1) is 0 Å². The Morgan fingerprint density at radius 2 is 1.90 bits per heavy atom. The maximum atomic E-state index is 10.5. The maximum absolute atomic E-state index is 10.5. The van der Waals surface area contributed by atoms with Crippen LogP contribution in [0.2, 0.25) is 0 Å². The van der Waals surface area contributed by atoms with Crippen molar-refractivity contribution in [3.63, 3.8) is 0 Å². The van der Waals surface area contributed by atoms with Crippen LogP contribution >= 0.6 is 0 Å². The summed E-state index contributed by atoms with van der Waals surface area (Å²) >= 11 is 0. The fourth-order valence-corrected chi connectivity index (χ4v) is 2.27. The number of aliphatic hydroxyl groups is 1. The topological polar surface area (TPSA) is 73.2 Å². The number of carbonyl (C=O) groups is 1. The lowest BCUT2D eigenvalue weighted by Crippen LogP contribution is -2.49. The molecule has 0 radical (unpaired) electrons. The first kappa shape index (κ1) is 17.4. The normalized spacial score (nSPS) is 19.1. The fraction of sp³-hybridized carbons (Fsp3) is 0.929. The van der Waals surface area contributed by atoms with Crippen LogP contribution in [0.1, 0.15) is 26.2 Å². The lowest BCUT2D eigenvalue weighted by atomic mass is 10.2. The Bertz CT molecular complexity index is 268. The molecule has 6 nitrogen and oxygen atoms in total. The summed E-state index contributed by atoms with van der Waals surface area (Å²) in [6, 6.07) is 0. The van der Waals surface area contributed by atoms with Gasteiger partial charge in [0.25, 0.3) is 0 Å². The summed E-state index contributed by atoms with van der Waals surface area (Å²) < 4.78 is 5.41. The van der Waals surface area contributed by atoms with Gasteiger partial charge in [0, 0.05) is 45.9 Å². The van der Waals surface area contributed by atoms with Crippen molar-refractivity contribution >= 4 is 5.97 Å². The molecule has 0 amide bonds. The first-order valence-electron chi connectivity index (χ1n) is 7.54. The molecule has 1 saturated heterocycles. The second kappa shape index (κ2) is 10.1. The van der Waals surface area contributed by atoms with E-state index in [1.807, 2.05) is 0 Å². The minimum absolute atomic E-state index is 0.202. The smallest absolute Gasteiger partial charge is 0.304 e. The number of aliphatic hydroxyl groups excluding tert-OH is 1. The molecule has 0 bridgehead atoms. The summed E-state index contributed by atoms with van der Waals surface area (Å²) in [4.78, 5) is 14.9. The van der Waals surface area contributed by atoms with Gasteiger partial charge in [0.1, 0.15) is 0 Å². The van der Waals surface area contributed by atoms with Gasteiger partial charge in [-0.15, -0.1) is 0 Å². The van der Waals surface area contributed by atoms with Gasteiger partial charge >= 0.3 is 5.97 Å². The van der Waals surface area contributed by atoms with Gasteiger partial charge in [0.2, 0.25) is 0 Å². The molecule has 1 unspecified atom stereocenters. The molecule has 0 aromatic carbocycles. The molecule has 1 fully saturated rings. The monoisotopic (exact) mass is 288 g/mol. The Balaban J connectivity index is 2.07. The van der Waals surface area contributed by atoms with E-state index >= 15 is 0 Å². The number of aliphatic carboxylic acids is 1. The van der Waals surface area contributed by atoms with Crippen LogP contribution in [0.5, 0.6) is 0 Å². The van der Waals surface area contributed by atoms with E-state index in [-0.39, 0.29) is 6.42 Å². The molecule has 20 heavy (non-hydrogen) atoms. The molecule has 118 valence electrons. The van der Waals surface area contributed by atoms with E-state index < -0.39 is 12.1 Å². The second-order valence-electron chi connectivity index (χ2n) is 5.37. The van der Waals surface area contributed by atoms with E-state index in [0.717, 1.165) is 45.6 Å². The molecule has 1 atom stereocenters. The predicted molar refractivity (Wildman–Crippen MR) is 76.9 cm³/mol. The zero-order valence-corrected chi connectivity index (χ0v) is 12.5. The van der Waals surface area contributed by atoms with E-state index in [2.05, 4.69) is 16.7 Å². The standard InChI is InChI=1S/C14H28N2O4/c1-2-3-10-20-12-13(17)11-16-8-6-15(7-9-16)5-4-14(18)19/h13,17H,2-12H2,1H3,(H,18,19). The third-order valence-electron chi connectivity index (χ3n) is 3.53. The number of rotatable bonds is 10. The van der Waals surface area contributed by atoms with Crippen molar-refractivity contribution in [3.05, 3.63) is 0 Å². The van der Waals surface area contributed by atoms with Crippen LogP contribution in [0.4, 0.5) is 0 Å². The molecule has 0 spiro atoms. The number of hydrogen-bond donors (Lipinski definition) is 2.